The van der Waals surface area contributed by atoms with E-state index in [0.717, 1.165) is 5.56 Å². The Labute approximate surface area is 190 Å². The molecule has 0 radical (unpaired) electrons. The molecule has 150 valence electrons. The zero-order valence-electron chi connectivity index (χ0n) is 15.0. The molecule has 1 fully saturated rings. The van der Waals surface area contributed by atoms with Crippen LogP contribution >= 0.6 is 57.9 Å². The molecule has 1 aromatic heterocycles. The van der Waals surface area contributed by atoms with Crippen LogP contribution in [0.25, 0.3) is 0 Å². The van der Waals surface area contributed by atoms with Gasteiger partial charge in [0, 0.05) is 10.0 Å². The standard InChI is InChI=1S/C19H14Cl3N3O2S2/c1-10-17(26)25(18(28-10)11-2-4-12(20)5-3-11)19-24-23-16(29-19)9-27-15-7-6-13(21)8-14(15)22/h2-8,10,18H,9H2,1H3. The highest BCUT2D eigenvalue weighted by molar-refractivity contribution is 8.01. The van der Waals surface area contributed by atoms with Crippen LogP contribution in [-0.4, -0.2) is 21.4 Å². The van der Waals surface area contributed by atoms with Crippen molar-refractivity contribution in [3.8, 4) is 5.75 Å². The van der Waals surface area contributed by atoms with E-state index < -0.39 is 0 Å². The molecule has 2 heterocycles. The van der Waals surface area contributed by atoms with Crippen molar-refractivity contribution in [2.45, 2.75) is 24.2 Å². The highest BCUT2D eigenvalue weighted by Gasteiger charge is 2.41. The Hall–Kier alpha value is -1.51. The van der Waals surface area contributed by atoms with Crippen molar-refractivity contribution in [3.05, 3.63) is 68.1 Å². The van der Waals surface area contributed by atoms with Gasteiger partial charge < -0.3 is 4.74 Å². The molecular formula is C19H14Cl3N3O2S2. The summed E-state index contributed by atoms with van der Waals surface area (Å²) < 4.78 is 5.72. The number of carbonyl (C=O) groups excluding carboxylic acids is 1. The minimum atomic E-state index is -0.179. The summed E-state index contributed by atoms with van der Waals surface area (Å²) in [5, 5.41) is 10.8. The lowest BCUT2D eigenvalue weighted by atomic mass is 10.2. The van der Waals surface area contributed by atoms with Crippen LogP contribution in [0.5, 0.6) is 5.75 Å². The van der Waals surface area contributed by atoms with Crippen molar-refractivity contribution >= 4 is 68.9 Å². The lowest BCUT2D eigenvalue weighted by Crippen LogP contribution is -2.30. The number of carbonyl (C=O) groups is 1. The third kappa shape index (κ3) is 4.49. The molecule has 29 heavy (non-hydrogen) atoms. The molecule has 1 saturated heterocycles. The summed E-state index contributed by atoms with van der Waals surface area (Å²) in [4.78, 5) is 14.5. The summed E-state index contributed by atoms with van der Waals surface area (Å²) in [6, 6.07) is 12.5. The fraction of sp³-hybridized carbons (Fsp3) is 0.211. The van der Waals surface area contributed by atoms with Gasteiger partial charge in [0.15, 0.2) is 5.01 Å². The molecular weight excluding hydrogens is 473 g/mol. The van der Waals surface area contributed by atoms with Gasteiger partial charge in [-0.2, -0.15) is 0 Å². The molecule has 1 aliphatic rings. The van der Waals surface area contributed by atoms with Gasteiger partial charge >= 0.3 is 0 Å². The minimum absolute atomic E-state index is 0.000635. The second-order valence-electron chi connectivity index (χ2n) is 6.23. The van der Waals surface area contributed by atoms with Crippen LogP contribution in [0, 0.1) is 0 Å². The van der Waals surface area contributed by atoms with Crippen LogP contribution in [0.3, 0.4) is 0 Å². The van der Waals surface area contributed by atoms with E-state index in [1.807, 2.05) is 31.2 Å². The average molecular weight is 487 g/mol. The monoisotopic (exact) mass is 485 g/mol. The Morgan fingerprint density at radius 2 is 1.79 bits per heavy atom. The van der Waals surface area contributed by atoms with E-state index in [4.69, 9.17) is 39.5 Å². The van der Waals surface area contributed by atoms with Gasteiger partial charge in [0.2, 0.25) is 11.0 Å². The fourth-order valence-corrected chi connectivity index (χ4v) is 5.50. The van der Waals surface area contributed by atoms with E-state index in [1.54, 1.807) is 34.9 Å². The molecule has 0 spiro atoms. The Morgan fingerprint density at radius 1 is 1.07 bits per heavy atom. The quantitative estimate of drug-likeness (QED) is 0.427. The molecule has 0 N–H and O–H groups in total. The highest BCUT2D eigenvalue weighted by Crippen LogP contribution is 2.46. The SMILES string of the molecule is CC1SC(c2ccc(Cl)cc2)N(c2nnc(COc3ccc(Cl)cc3Cl)s2)C1=O. The summed E-state index contributed by atoms with van der Waals surface area (Å²) in [6.07, 6.45) is 0. The Bertz CT molecular complexity index is 1050. The van der Waals surface area contributed by atoms with Crippen molar-refractivity contribution < 1.29 is 9.53 Å². The summed E-state index contributed by atoms with van der Waals surface area (Å²) in [5.41, 5.74) is 0.984. The lowest BCUT2D eigenvalue weighted by Gasteiger charge is -2.20. The molecule has 0 saturated carbocycles. The lowest BCUT2D eigenvalue weighted by molar-refractivity contribution is -0.117. The zero-order valence-corrected chi connectivity index (χ0v) is 18.9. The number of benzene rings is 2. The maximum Gasteiger partial charge on any atom is 0.242 e. The molecule has 0 aliphatic carbocycles. The van der Waals surface area contributed by atoms with Crippen LogP contribution in [0.4, 0.5) is 5.13 Å². The molecule has 5 nitrogen and oxygen atoms in total. The van der Waals surface area contributed by atoms with E-state index in [-0.39, 0.29) is 23.1 Å². The van der Waals surface area contributed by atoms with Gasteiger partial charge in [-0.3, -0.25) is 9.69 Å². The van der Waals surface area contributed by atoms with E-state index in [9.17, 15) is 4.79 Å². The van der Waals surface area contributed by atoms with Crippen molar-refractivity contribution in [2.75, 3.05) is 4.90 Å². The molecule has 0 bridgehead atoms. The van der Waals surface area contributed by atoms with Gasteiger partial charge in [-0.05, 0) is 42.8 Å². The van der Waals surface area contributed by atoms with Crippen molar-refractivity contribution in [2.24, 2.45) is 0 Å². The third-order valence-corrected chi connectivity index (χ3v) is 7.24. The molecule has 10 heteroatoms. The molecule has 4 rings (SSSR count). The van der Waals surface area contributed by atoms with Gasteiger partial charge in [-0.25, -0.2) is 0 Å². The molecule has 1 aliphatic heterocycles. The van der Waals surface area contributed by atoms with Gasteiger partial charge in [0.05, 0.1) is 10.3 Å². The number of hydrogen-bond acceptors (Lipinski definition) is 6. The average Bonchev–Trinajstić information content (AvgIpc) is 3.26. The van der Waals surface area contributed by atoms with E-state index in [0.29, 0.717) is 31.0 Å². The first-order valence-corrected chi connectivity index (χ1v) is 11.5. The largest absolute Gasteiger partial charge is 0.485 e. The predicted molar refractivity (Wildman–Crippen MR) is 119 cm³/mol. The smallest absolute Gasteiger partial charge is 0.242 e. The highest BCUT2D eigenvalue weighted by atomic mass is 35.5. The molecule has 2 aromatic carbocycles. The summed E-state index contributed by atoms with van der Waals surface area (Å²) in [6.45, 7) is 2.08. The number of aromatic nitrogens is 2. The maximum absolute atomic E-state index is 12.8. The summed E-state index contributed by atoms with van der Waals surface area (Å²) in [7, 11) is 0. The number of rotatable bonds is 5. The predicted octanol–water partition coefficient (Wildman–Crippen LogP) is 6.24. The first-order valence-electron chi connectivity index (χ1n) is 8.56. The second kappa shape index (κ2) is 8.70. The number of halogens is 3. The Kier molecular flexibility index (Phi) is 6.22. The molecule has 2 atom stereocenters. The normalized spacial score (nSPS) is 19.0. The maximum atomic E-state index is 12.8. The Balaban J connectivity index is 1.53. The summed E-state index contributed by atoms with van der Waals surface area (Å²) in [5.74, 6) is 0.507. The number of ether oxygens (including phenoxy) is 1. The zero-order chi connectivity index (χ0) is 20.5. The first kappa shape index (κ1) is 20.8. The first-order chi connectivity index (χ1) is 13.9. The molecule has 1 amide bonds. The Morgan fingerprint density at radius 3 is 2.52 bits per heavy atom. The van der Waals surface area contributed by atoms with Crippen LogP contribution < -0.4 is 9.64 Å². The van der Waals surface area contributed by atoms with E-state index >= 15 is 0 Å². The second-order valence-corrected chi connectivity index (χ2v) is 9.98. The number of nitrogens with zero attached hydrogens (tertiary/aromatic N) is 3. The minimum Gasteiger partial charge on any atom is -0.485 e. The van der Waals surface area contributed by atoms with Gasteiger partial charge in [-0.15, -0.1) is 22.0 Å². The number of anilines is 1. The summed E-state index contributed by atoms with van der Waals surface area (Å²) >= 11 is 20.9. The van der Waals surface area contributed by atoms with Crippen molar-refractivity contribution in [1.82, 2.24) is 10.2 Å². The topological polar surface area (TPSA) is 55.3 Å². The third-order valence-electron chi connectivity index (χ3n) is 4.22. The number of amides is 1. The van der Waals surface area contributed by atoms with Gasteiger partial charge in [0.1, 0.15) is 17.7 Å². The fourth-order valence-electron chi connectivity index (χ4n) is 2.81. The van der Waals surface area contributed by atoms with Crippen LogP contribution in [0.15, 0.2) is 42.5 Å². The number of hydrogen-bond donors (Lipinski definition) is 0. The van der Waals surface area contributed by atoms with Crippen LogP contribution in [0.2, 0.25) is 15.1 Å². The van der Waals surface area contributed by atoms with Gasteiger partial charge in [0.25, 0.3) is 0 Å². The van der Waals surface area contributed by atoms with E-state index in [1.165, 1.54) is 11.3 Å². The van der Waals surface area contributed by atoms with Crippen LogP contribution in [-0.2, 0) is 11.4 Å². The van der Waals surface area contributed by atoms with E-state index in [2.05, 4.69) is 10.2 Å². The van der Waals surface area contributed by atoms with Gasteiger partial charge in [-0.1, -0.05) is 58.3 Å². The number of thioether (sulfide) groups is 1. The van der Waals surface area contributed by atoms with Crippen LogP contribution in [0.1, 0.15) is 22.9 Å². The van der Waals surface area contributed by atoms with Crippen molar-refractivity contribution in [1.29, 1.82) is 0 Å². The molecule has 3 aromatic rings. The molecule has 2 unspecified atom stereocenters. The van der Waals surface area contributed by atoms with Crippen molar-refractivity contribution in [3.63, 3.8) is 0 Å².